The normalized spacial score (nSPS) is 20.2. The van der Waals surface area contributed by atoms with Gasteiger partial charge in [0.2, 0.25) is 0 Å². The van der Waals surface area contributed by atoms with Crippen molar-refractivity contribution in [3.8, 4) is 6.07 Å². The second-order valence-electron chi connectivity index (χ2n) is 7.66. The molecule has 3 aromatic rings. The highest BCUT2D eigenvalue weighted by Crippen LogP contribution is 2.36. The molecule has 0 radical (unpaired) electrons. The fourth-order valence-corrected chi connectivity index (χ4v) is 4.68. The Morgan fingerprint density at radius 3 is 2.79 bits per heavy atom. The molecule has 1 aliphatic rings. The van der Waals surface area contributed by atoms with E-state index in [4.69, 9.17) is 10.4 Å². The van der Waals surface area contributed by atoms with E-state index in [9.17, 15) is 4.79 Å². The number of benzene rings is 1. The summed E-state index contributed by atoms with van der Waals surface area (Å²) >= 11 is 2.54. The Balaban J connectivity index is 1.48. The van der Waals surface area contributed by atoms with E-state index < -0.39 is 0 Å². The average Bonchev–Trinajstić information content (AvgIpc) is 3.17. The first-order valence-electron chi connectivity index (χ1n) is 9.83. The number of carbonyl (C=O) groups is 1. The first-order chi connectivity index (χ1) is 14.0. The van der Waals surface area contributed by atoms with Crippen LogP contribution in [0.2, 0.25) is 0 Å². The topological polar surface area (TPSA) is 83.6 Å². The number of hydrogen-bond donors (Lipinski definition) is 1. The number of carbonyl (C=O) groups excluding carboxylic acids is 1. The Morgan fingerprint density at radius 2 is 2.07 bits per heavy atom. The summed E-state index contributed by atoms with van der Waals surface area (Å²) in [7, 11) is 0. The summed E-state index contributed by atoms with van der Waals surface area (Å²) in [5, 5.41) is 17.6. The zero-order chi connectivity index (χ0) is 20.4. The number of anilines is 1. The highest BCUT2D eigenvalue weighted by Gasteiger charge is 2.25. The number of rotatable bonds is 4. The molecule has 7 heteroatoms. The minimum Gasteiger partial charge on any atom is -0.322 e. The molecule has 0 aliphatic heterocycles. The molecule has 0 saturated heterocycles. The maximum atomic E-state index is 12.5. The van der Waals surface area contributed by atoms with Crippen molar-refractivity contribution in [2.75, 3.05) is 5.32 Å². The van der Waals surface area contributed by atoms with E-state index in [1.807, 2.05) is 24.3 Å². The number of nitrogens with one attached hydrogen (secondary N) is 1. The van der Waals surface area contributed by atoms with Crippen molar-refractivity contribution in [1.29, 1.82) is 5.26 Å². The molecule has 4 rings (SSSR count). The predicted octanol–water partition coefficient (Wildman–Crippen LogP) is 5.11. The number of fused-ring (bicyclic) bond motifs is 1. The lowest BCUT2D eigenvalue weighted by atomic mass is 9.84. The summed E-state index contributed by atoms with van der Waals surface area (Å²) in [6.45, 7) is 2.30. The van der Waals surface area contributed by atoms with Crippen molar-refractivity contribution >= 4 is 45.1 Å². The van der Waals surface area contributed by atoms with Crippen LogP contribution in [0.1, 0.15) is 54.6 Å². The van der Waals surface area contributed by atoms with Crippen molar-refractivity contribution in [2.45, 2.75) is 42.6 Å². The minimum atomic E-state index is -0.285. The Labute approximate surface area is 183 Å². The van der Waals surface area contributed by atoms with Crippen LogP contribution in [0.25, 0.3) is 10.9 Å². The van der Waals surface area contributed by atoms with Gasteiger partial charge in [0.05, 0.1) is 22.7 Å². The number of hydrogen-bond acceptors (Lipinski definition) is 4. The van der Waals surface area contributed by atoms with Crippen molar-refractivity contribution < 1.29 is 4.79 Å². The third kappa shape index (κ3) is 4.42. The van der Waals surface area contributed by atoms with Gasteiger partial charge in [-0.25, -0.2) is 0 Å². The second kappa shape index (κ2) is 8.49. The van der Waals surface area contributed by atoms with Crippen LogP contribution in [0.15, 0.2) is 42.9 Å². The summed E-state index contributed by atoms with van der Waals surface area (Å²) in [6.07, 6.45) is 9.81. The van der Waals surface area contributed by atoms with E-state index in [-0.39, 0.29) is 5.91 Å². The van der Waals surface area contributed by atoms with E-state index in [0.717, 1.165) is 33.6 Å². The predicted molar refractivity (Wildman–Crippen MR) is 121 cm³/mol. The van der Waals surface area contributed by atoms with Crippen LogP contribution in [0.5, 0.6) is 0 Å². The number of alkyl halides is 1. The van der Waals surface area contributed by atoms with Gasteiger partial charge in [-0.05, 0) is 55.9 Å². The summed E-state index contributed by atoms with van der Waals surface area (Å²) in [5.41, 5.74) is 2.36. The van der Waals surface area contributed by atoms with Crippen LogP contribution in [0, 0.1) is 17.2 Å². The SMILES string of the molecule is CC(I)C1CCC(n2cc3cc(NC(=O)c4cncc(C#N)c4)ccc3n2)CC1. The Morgan fingerprint density at radius 1 is 1.28 bits per heavy atom. The van der Waals surface area contributed by atoms with Crippen molar-refractivity contribution in [3.05, 3.63) is 54.0 Å². The lowest BCUT2D eigenvalue weighted by Crippen LogP contribution is -2.22. The molecule has 1 atom stereocenters. The lowest BCUT2D eigenvalue weighted by molar-refractivity contribution is 0.102. The van der Waals surface area contributed by atoms with Gasteiger partial charge in [0, 0.05) is 33.6 Å². The molecule has 0 bridgehead atoms. The third-order valence-corrected chi connectivity index (χ3v) is 6.69. The van der Waals surface area contributed by atoms with E-state index in [1.54, 1.807) is 0 Å². The molecule has 6 nitrogen and oxygen atoms in total. The van der Waals surface area contributed by atoms with Gasteiger partial charge in [-0.15, -0.1) is 0 Å². The molecule has 1 saturated carbocycles. The molecule has 1 N–H and O–H groups in total. The second-order valence-corrected chi connectivity index (χ2v) is 9.62. The summed E-state index contributed by atoms with van der Waals surface area (Å²) < 4.78 is 2.82. The highest BCUT2D eigenvalue weighted by atomic mass is 127. The molecule has 29 heavy (non-hydrogen) atoms. The summed E-state index contributed by atoms with van der Waals surface area (Å²) in [5.74, 6) is 0.528. The van der Waals surface area contributed by atoms with Crippen molar-refractivity contribution in [3.63, 3.8) is 0 Å². The van der Waals surface area contributed by atoms with Crippen LogP contribution in [-0.2, 0) is 0 Å². The van der Waals surface area contributed by atoms with Gasteiger partial charge < -0.3 is 5.32 Å². The molecule has 1 fully saturated rings. The standard InChI is InChI=1S/C22H22IN5O/c1-14(23)16-2-5-20(6-3-16)28-13-18-9-19(4-7-21(18)27-28)26-22(29)17-8-15(10-24)11-25-12-17/h4,7-9,11-14,16,20H,2-3,5-6H2,1H3,(H,26,29). The van der Waals surface area contributed by atoms with Gasteiger partial charge in [0.15, 0.2) is 0 Å². The van der Waals surface area contributed by atoms with Crippen LogP contribution in [0.3, 0.4) is 0 Å². The van der Waals surface area contributed by atoms with Crippen LogP contribution in [0.4, 0.5) is 5.69 Å². The number of amides is 1. The van der Waals surface area contributed by atoms with Crippen LogP contribution in [-0.4, -0.2) is 24.6 Å². The number of nitrogens with zero attached hydrogens (tertiary/aromatic N) is 4. The molecule has 1 amide bonds. The van der Waals surface area contributed by atoms with Gasteiger partial charge in [-0.1, -0.05) is 29.5 Å². The molecule has 1 unspecified atom stereocenters. The van der Waals surface area contributed by atoms with E-state index in [2.05, 4.69) is 50.7 Å². The lowest BCUT2D eigenvalue weighted by Gasteiger charge is -2.30. The number of nitriles is 1. The monoisotopic (exact) mass is 499 g/mol. The van der Waals surface area contributed by atoms with E-state index in [0.29, 0.717) is 22.9 Å². The third-order valence-electron chi connectivity index (χ3n) is 5.67. The molecular weight excluding hydrogens is 477 g/mol. The first-order valence-corrected chi connectivity index (χ1v) is 11.1. The summed E-state index contributed by atoms with van der Waals surface area (Å²) in [6, 6.07) is 9.71. The van der Waals surface area contributed by atoms with Crippen molar-refractivity contribution in [1.82, 2.24) is 14.8 Å². The smallest absolute Gasteiger partial charge is 0.257 e. The Hall–Kier alpha value is -2.47. The fourth-order valence-electron chi connectivity index (χ4n) is 3.96. The molecule has 0 spiro atoms. The average molecular weight is 499 g/mol. The highest BCUT2D eigenvalue weighted by molar-refractivity contribution is 14.1. The quantitative estimate of drug-likeness (QED) is 0.400. The zero-order valence-corrected chi connectivity index (χ0v) is 18.3. The molecule has 2 aromatic heterocycles. The maximum Gasteiger partial charge on any atom is 0.257 e. The number of pyridine rings is 1. The maximum absolute atomic E-state index is 12.5. The first kappa shape index (κ1) is 19.8. The Kier molecular flexibility index (Phi) is 5.81. The van der Waals surface area contributed by atoms with E-state index in [1.165, 1.54) is 31.3 Å². The zero-order valence-electron chi connectivity index (χ0n) is 16.2. The number of aromatic nitrogens is 3. The molecule has 1 aliphatic carbocycles. The van der Waals surface area contributed by atoms with Crippen LogP contribution < -0.4 is 5.32 Å². The van der Waals surface area contributed by atoms with Gasteiger partial charge in [-0.2, -0.15) is 10.4 Å². The van der Waals surface area contributed by atoms with Gasteiger partial charge >= 0.3 is 0 Å². The molecule has 2 heterocycles. The van der Waals surface area contributed by atoms with Crippen LogP contribution >= 0.6 is 22.6 Å². The van der Waals surface area contributed by atoms with Gasteiger partial charge in [0.1, 0.15) is 6.07 Å². The fraction of sp³-hybridized carbons (Fsp3) is 0.364. The molecule has 1 aromatic carbocycles. The Bertz CT molecular complexity index is 1080. The van der Waals surface area contributed by atoms with E-state index >= 15 is 0 Å². The molecule has 148 valence electrons. The van der Waals surface area contributed by atoms with Crippen molar-refractivity contribution in [2.24, 2.45) is 5.92 Å². The largest absolute Gasteiger partial charge is 0.322 e. The minimum absolute atomic E-state index is 0.285. The number of halogens is 1. The molecular formula is C22H22IN5O. The van der Waals surface area contributed by atoms with Gasteiger partial charge in [-0.3, -0.25) is 14.5 Å². The van der Waals surface area contributed by atoms with Gasteiger partial charge in [0.25, 0.3) is 5.91 Å². The summed E-state index contributed by atoms with van der Waals surface area (Å²) in [4.78, 5) is 16.4.